The maximum atomic E-state index is 13.6. The Kier molecular flexibility index (Phi) is 6.00. The number of carbonyl (C=O) groups is 5. The first-order valence-corrected chi connectivity index (χ1v) is 11.4. The number of phenolic OH excluding ortho intramolecular Hbond substituents is 1. The molecule has 4 rings (SSSR count). The number of carbonyl (C=O) groups excluding carboxylic acids is 5. The van der Waals surface area contributed by atoms with Gasteiger partial charge < -0.3 is 31.1 Å². The average molecular weight is 514 g/mol. The lowest BCUT2D eigenvalue weighted by Crippen LogP contribution is -2.63. The number of allylic oxidation sites excluding steroid dienone is 1. The summed E-state index contributed by atoms with van der Waals surface area (Å²) in [5, 5.41) is 44.1. The molecule has 0 heterocycles. The molecule has 6 N–H and O–H groups in total. The molecule has 0 aromatic heterocycles. The van der Waals surface area contributed by atoms with Crippen LogP contribution in [0.2, 0.25) is 0 Å². The van der Waals surface area contributed by atoms with Gasteiger partial charge in [-0.25, -0.2) is 0 Å². The quantitative estimate of drug-likeness (QED) is 0.197. The van der Waals surface area contributed by atoms with Crippen molar-refractivity contribution in [1.29, 1.82) is 0 Å². The highest BCUT2D eigenvalue weighted by Gasteiger charge is 2.63. The number of hydrogen-bond donors (Lipinski definition) is 5. The second-order valence-corrected chi connectivity index (χ2v) is 9.98. The lowest BCUT2D eigenvalue weighted by molar-refractivity contribution is -0.148. The first-order valence-electron chi connectivity index (χ1n) is 11.4. The zero-order valence-corrected chi connectivity index (χ0v) is 20.6. The molecule has 0 saturated heterocycles. The van der Waals surface area contributed by atoms with Crippen LogP contribution in [0, 0.1) is 11.8 Å². The topological polar surface area (TPSA) is 199 Å². The molecule has 0 spiro atoms. The highest BCUT2D eigenvalue weighted by atomic mass is 16.3. The largest absolute Gasteiger partial charge is 0.510 e. The summed E-state index contributed by atoms with van der Waals surface area (Å²) >= 11 is 0. The minimum atomic E-state index is -2.76. The number of likely N-dealkylation sites (N-methyl/N-ethyl adjacent to an activating group) is 2. The monoisotopic (exact) mass is 513 g/mol. The number of nitrogens with zero attached hydrogens (tertiary/aromatic N) is 2. The first kappa shape index (κ1) is 26.0. The van der Waals surface area contributed by atoms with E-state index >= 15 is 0 Å². The van der Waals surface area contributed by atoms with E-state index in [-0.39, 0.29) is 35.1 Å². The number of primary amides is 1. The molecule has 0 bridgehead atoms. The van der Waals surface area contributed by atoms with Crippen molar-refractivity contribution < 1.29 is 44.4 Å². The Hall–Kier alpha value is -4.03. The molecule has 0 aliphatic heterocycles. The number of nitrogens with two attached hydrogens (primary N) is 1. The van der Waals surface area contributed by atoms with Gasteiger partial charge in [0.05, 0.1) is 11.6 Å². The second-order valence-electron chi connectivity index (χ2n) is 9.98. The number of aliphatic hydroxyl groups is 3. The van der Waals surface area contributed by atoms with Gasteiger partial charge in [-0.05, 0) is 50.6 Å². The van der Waals surface area contributed by atoms with Crippen molar-refractivity contribution in [2.24, 2.45) is 17.6 Å². The van der Waals surface area contributed by atoms with Gasteiger partial charge in [-0.2, -0.15) is 0 Å². The van der Waals surface area contributed by atoms with Gasteiger partial charge in [0.15, 0.2) is 11.4 Å². The molecule has 12 heteroatoms. The number of aliphatic hydroxyl groups excluding tert-OH is 2. The Morgan fingerprint density at radius 1 is 1.05 bits per heavy atom. The lowest BCUT2D eigenvalue weighted by Gasteiger charge is -2.50. The fraction of sp³-hybridized carbons (Fsp3) is 0.400. The van der Waals surface area contributed by atoms with Crippen LogP contribution in [0.4, 0.5) is 0 Å². The minimum Gasteiger partial charge on any atom is -0.510 e. The van der Waals surface area contributed by atoms with E-state index in [1.807, 2.05) is 0 Å². The number of benzene rings is 1. The standard InChI is InChI=1S/C25H27N3O9/c1-27(2)17-12-8-9-7-11-10(18(30)24(36)28(3)4)5-6-13(29)15(11)19(31)14(9)21(33)25(12,37)22(34)16(20(17)32)23(26)35/h5-6,9,12,17,29,32-33,37H,7-8H2,1-4H3,(H2,26,35)/t9-,12-,17?,25-/m0/s1. The molecule has 1 aromatic carbocycles. The van der Waals surface area contributed by atoms with Crippen molar-refractivity contribution in [2.75, 3.05) is 28.2 Å². The lowest BCUT2D eigenvalue weighted by atomic mass is 9.58. The van der Waals surface area contributed by atoms with Crippen LogP contribution >= 0.6 is 0 Å². The molecule has 3 aliphatic rings. The van der Waals surface area contributed by atoms with Crippen LogP contribution in [-0.4, -0.2) is 99.2 Å². The summed E-state index contributed by atoms with van der Waals surface area (Å²) in [6, 6.07) is 1.18. The van der Waals surface area contributed by atoms with E-state index in [9.17, 15) is 44.4 Å². The van der Waals surface area contributed by atoms with Gasteiger partial charge in [0.25, 0.3) is 17.6 Å². The van der Waals surface area contributed by atoms with Gasteiger partial charge in [0, 0.05) is 31.1 Å². The van der Waals surface area contributed by atoms with Crippen LogP contribution in [0.3, 0.4) is 0 Å². The Bertz CT molecular complexity index is 1360. The molecule has 37 heavy (non-hydrogen) atoms. The first-order chi connectivity index (χ1) is 17.2. The molecule has 0 saturated carbocycles. The molecule has 3 aliphatic carbocycles. The van der Waals surface area contributed by atoms with E-state index in [1.54, 1.807) is 0 Å². The molecular formula is C25H27N3O9. The Balaban J connectivity index is 1.95. The van der Waals surface area contributed by atoms with E-state index in [0.717, 1.165) is 11.0 Å². The third kappa shape index (κ3) is 3.47. The molecule has 0 radical (unpaired) electrons. The Morgan fingerprint density at radius 2 is 1.68 bits per heavy atom. The smallest absolute Gasteiger partial charge is 0.294 e. The molecular weight excluding hydrogens is 486 g/mol. The van der Waals surface area contributed by atoms with Gasteiger partial charge in [-0.15, -0.1) is 0 Å². The van der Waals surface area contributed by atoms with E-state index in [4.69, 9.17) is 5.73 Å². The molecule has 196 valence electrons. The predicted octanol–water partition coefficient (Wildman–Crippen LogP) is -0.608. The van der Waals surface area contributed by atoms with Crippen molar-refractivity contribution in [1.82, 2.24) is 9.80 Å². The van der Waals surface area contributed by atoms with Crippen molar-refractivity contribution >= 4 is 29.2 Å². The van der Waals surface area contributed by atoms with Crippen molar-refractivity contribution in [3.05, 3.63) is 51.5 Å². The number of ketones is 3. The number of aromatic hydroxyl groups is 1. The van der Waals surface area contributed by atoms with Crippen molar-refractivity contribution in [3.8, 4) is 5.75 Å². The molecule has 1 aromatic rings. The van der Waals surface area contributed by atoms with E-state index in [2.05, 4.69) is 0 Å². The summed E-state index contributed by atoms with van der Waals surface area (Å²) in [7, 11) is 5.83. The summed E-state index contributed by atoms with van der Waals surface area (Å²) in [6.07, 6.45) is -0.221. The van der Waals surface area contributed by atoms with Crippen molar-refractivity contribution in [2.45, 2.75) is 24.5 Å². The van der Waals surface area contributed by atoms with E-state index in [0.29, 0.717) is 0 Å². The second kappa shape index (κ2) is 8.53. The fourth-order valence-corrected chi connectivity index (χ4v) is 5.78. The minimum absolute atomic E-state index is 0.0925. The number of phenols is 1. The zero-order valence-electron chi connectivity index (χ0n) is 20.6. The summed E-state index contributed by atoms with van der Waals surface area (Å²) in [5.41, 5.74) is 0.966. The fourth-order valence-electron chi connectivity index (χ4n) is 5.78. The van der Waals surface area contributed by atoms with Crippen LogP contribution in [-0.2, 0) is 20.8 Å². The number of fused-ring (bicyclic) bond motifs is 3. The van der Waals surface area contributed by atoms with Gasteiger partial charge in [0.1, 0.15) is 22.8 Å². The molecule has 12 nitrogen and oxygen atoms in total. The molecule has 0 fully saturated rings. The normalized spacial score (nSPS) is 27.0. The van der Waals surface area contributed by atoms with Crippen LogP contribution in [0.1, 0.15) is 32.7 Å². The molecule has 2 amide bonds. The Morgan fingerprint density at radius 3 is 2.22 bits per heavy atom. The van der Waals surface area contributed by atoms with Crippen LogP contribution in [0.15, 0.2) is 34.8 Å². The molecule has 1 unspecified atom stereocenters. The summed E-state index contributed by atoms with van der Waals surface area (Å²) in [6.45, 7) is 0. The number of Topliss-reactive ketones (excluding diaryl/α,β-unsaturated/α-hetero) is 3. The SMILES string of the molecule is CN(C)C(=O)C(=O)c1ccc(O)c2c1C[C@H]1C[C@H]3C(N(C)C)C(O)=C(C(N)=O)C(=O)[C@@]3(O)C(O)=C1C2=O. The van der Waals surface area contributed by atoms with Crippen LogP contribution in [0.5, 0.6) is 5.75 Å². The number of amides is 2. The van der Waals surface area contributed by atoms with Crippen LogP contribution in [0.25, 0.3) is 0 Å². The maximum Gasteiger partial charge on any atom is 0.294 e. The number of hydrogen-bond acceptors (Lipinski definition) is 10. The summed E-state index contributed by atoms with van der Waals surface area (Å²) in [5.74, 6) is -9.58. The van der Waals surface area contributed by atoms with Gasteiger partial charge in [-0.1, -0.05) is 0 Å². The van der Waals surface area contributed by atoms with Gasteiger partial charge in [0.2, 0.25) is 5.78 Å². The van der Waals surface area contributed by atoms with Gasteiger partial charge in [-0.3, -0.25) is 28.9 Å². The highest BCUT2D eigenvalue weighted by Crippen LogP contribution is 2.52. The summed E-state index contributed by atoms with van der Waals surface area (Å²) < 4.78 is 0. The van der Waals surface area contributed by atoms with Gasteiger partial charge >= 0.3 is 0 Å². The third-order valence-electron chi connectivity index (χ3n) is 7.45. The number of rotatable bonds is 4. The maximum absolute atomic E-state index is 13.6. The highest BCUT2D eigenvalue weighted by molar-refractivity contribution is 6.43. The average Bonchev–Trinajstić information content (AvgIpc) is 2.80. The van der Waals surface area contributed by atoms with E-state index in [1.165, 1.54) is 39.2 Å². The van der Waals surface area contributed by atoms with Crippen molar-refractivity contribution in [3.63, 3.8) is 0 Å². The Labute approximate surface area is 211 Å². The third-order valence-corrected chi connectivity index (χ3v) is 7.45. The summed E-state index contributed by atoms with van der Waals surface area (Å²) in [4.78, 5) is 66.7. The van der Waals surface area contributed by atoms with E-state index < -0.39 is 75.5 Å². The zero-order chi connectivity index (χ0) is 27.7. The predicted molar refractivity (Wildman–Crippen MR) is 127 cm³/mol. The molecule has 4 atom stereocenters. The van der Waals surface area contributed by atoms with Crippen LogP contribution < -0.4 is 5.73 Å².